The highest BCUT2D eigenvalue weighted by Crippen LogP contribution is 2.51. The second-order valence-corrected chi connectivity index (χ2v) is 14.3. The van der Waals surface area contributed by atoms with E-state index in [0.717, 1.165) is 0 Å². The van der Waals surface area contributed by atoms with Crippen molar-refractivity contribution in [1.29, 1.82) is 0 Å². The lowest BCUT2D eigenvalue weighted by Crippen LogP contribution is -2.62. The molecule has 16 heteroatoms. The van der Waals surface area contributed by atoms with Crippen molar-refractivity contribution < 1.29 is 45.4 Å². The van der Waals surface area contributed by atoms with Gasteiger partial charge in [0.25, 0.3) is 6.43 Å². The molecule has 44 heavy (non-hydrogen) atoms. The Kier molecular flexibility index (Phi) is 6.71. The normalized spacial score (nSPS) is 26.0. The molecule has 3 aliphatic rings. The van der Waals surface area contributed by atoms with Crippen LogP contribution in [-0.4, -0.2) is 76.8 Å². The van der Waals surface area contributed by atoms with E-state index in [1.807, 2.05) is 0 Å². The van der Waals surface area contributed by atoms with E-state index < -0.39 is 56.4 Å². The molecule has 1 spiro atoms. The topological polar surface area (TPSA) is 145 Å². The summed E-state index contributed by atoms with van der Waals surface area (Å²) in [6.45, 7) is -0.407. The number of fused-ring (bicyclic) bond motifs is 3. The monoisotopic (exact) mass is 652 g/mol. The molecule has 232 valence electrons. The second-order valence-electron chi connectivity index (χ2n) is 11.4. The second kappa shape index (κ2) is 10.2. The number of anilines is 1. The zero-order valence-corrected chi connectivity index (χ0v) is 24.3. The fourth-order valence-corrected chi connectivity index (χ4v) is 8.46. The van der Waals surface area contributed by atoms with Crippen molar-refractivity contribution >= 4 is 55.3 Å². The van der Waals surface area contributed by atoms with Gasteiger partial charge in [0, 0.05) is 24.4 Å². The number of carboxylic acids is 1. The number of hydrogen-bond donors (Lipinski definition) is 1. The van der Waals surface area contributed by atoms with Crippen LogP contribution in [0.3, 0.4) is 0 Å². The van der Waals surface area contributed by atoms with Gasteiger partial charge in [-0.25, -0.2) is 41.3 Å². The highest BCUT2D eigenvalue weighted by Gasteiger charge is 2.60. The summed E-state index contributed by atoms with van der Waals surface area (Å²) >= 11 is 6.19. The number of sulfone groups is 1. The molecule has 1 N–H and O–H groups in total. The molecule has 1 aromatic carbocycles. The first-order valence-electron chi connectivity index (χ1n) is 13.7. The Balaban J connectivity index is 1.25. The van der Waals surface area contributed by atoms with Crippen LogP contribution in [0.1, 0.15) is 37.1 Å². The fraction of sp³-hybridized carbons (Fsp3) is 0.429. The van der Waals surface area contributed by atoms with E-state index >= 15 is 4.39 Å². The van der Waals surface area contributed by atoms with Crippen LogP contribution in [0, 0.1) is 0 Å². The van der Waals surface area contributed by atoms with Gasteiger partial charge in [0.1, 0.15) is 33.7 Å². The van der Waals surface area contributed by atoms with Gasteiger partial charge >= 0.3 is 5.97 Å². The van der Waals surface area contributed by atoms with Crippen LogP contribution < -0.4 is 9.64 Å². The summed E-state index contributed by atoms with van der Waals surface area (Å²) in [7, 11) is -3.61. The highest BCUT2D eigenvalue weighted by atomic mass is 35.5. The molecule has 0 aliphatic carbocycles. The lowest BCUT2D eigenvalue weighted by atomic mass is 9.82. The summed E-state index contributed by atoms with van der Waals surface area (Å²) in [4.78, 5) is 25.9. The number of rotatable bonds is 6. The number of pyridine rings is 1. The standard InChI is InChI=1S/C28H24ClF3N4O7S/c29-14-7-17(28(32)5-6-44(39,40)27(11-28)12-41-13-27)25(33-9-14)42-15-8-18(26(37)38)36(10-15)24-21-20(34-23(35-24)22(30)31)16-3-1-2-4-19(16)43-21/h1-4,7,9,15,18,22H,5-6,8,10-13H2,(H,37,38)/t15-,18-,28-/m0/s1. The average molecular weight is 653 g/mol. The van der Waals surface area contributed by atoms with Gasteiger partial charge in [0.2, 0.25) is 5.88 Å². The Hall–Kier alpha value is -3.69. The molecule has 0 radical (unpaired) electrons. The van der Waals surface area contributed by atoms with Gasteiger partial charge in [-0.15, -0.1) is 0 Å². The summed E-state index contributed by atoms with van der Waals surface area (Å²) in [6.07, 6.45) is -3.59. The zero-order valence-electron chi connectivity index (χ0n) is 22.8. The van der Waals surface area contributed by atoms with Crippen LogP contribution in [0.5, 0.6) is 5.88 Å². The predicted molar refractivity (Wildman–Crippen MR) is 151 cm³/mol. The fourth-order valence-electron chi connectivity index (χ4n) is 6.30. The number of carbonyl (C=O) groups is 1. The largest absolute Gasteiger partial charge is 0.480 e. The Morgan fingerprint density at radius 3 is 2.70 bits per heavy atom. The number of alkyl halides is 3. The Morgan fingerprint density at radius 2 is 2.00 bits per heavy atom. The van der Waals surface area contributed by atoms with E-state index in [-0.39, 0.29) is 72.4 Å². The minimum Gasteiger partial charge on any atom is -0.480 e. The van der Waals surface area contributed by atoms with Gasteiger partial charge in [0.15, 0.2) is 27.1 Å². The SMILES string of the molecule is O=C(O)[C@@H]1C[C@H](Oc2ncc(Cl)cc2[C@]2(F)CCS(=O)(=O)C3(COC3)C2)CN1c1nc(C(F)F)nc2c1oc1ccccc12. The van der Waals surface area contributed by atoms with E-state index in [1.165, 1.54) is 17.2 Å². The zero-order chi connectivity index (χ0) is 31.0. The number of benzene rings is 1. The molecule has 3 saturated heterocycles. The maximum absolute atomic E-state index is 16.7. The minimum atomic E-state index is -3.61. The summed E-state index contributed by atoms with van der Waals surface area (Å²) in [5.41, 5.74) is -1.73. The molecule has 0 amide bonds. The van der Waals surface area contributed by atoms with E-state index in [9.17, 15) is 27.1 Å². The van der Waals surface area contributed by atoms with Gasteiger partial charge in [0.05, 0.1) is 36.1 Å². The van der Waals surface area contributed by atoms with Crippen LogP contribution >= 0.6 is 11.6 Å². The highest BCUT2D eigenvalue weighted by molar-refractivity contribution is 7.93. The van der Waals surface area contributed by atoms with Gasteiger partial charge < -0.3 is 23.9 Å². The Morgan fingerprint density at radius 1 is 1.23 bits per heavy atom. The molecule has 0 unspecified atom stereocenters. The molecular weight excluding hydrogens is 629 g/mol. The van der Waals surface area contributed by atoms with Crippen molar-refractivity contribution in [2.75, 3.05) is 30.4 Å². The number of furan rings is 1. The Bertz CT molecular complexity index is 1920. The molecule has 0 saturated carbocycles. The number of para-hydroxylation sites is 1. The number of hydrogen-bond acceptors (Lipinski definition) is 10. The van der Waals surface area contributed by atoms with E-state index in [0.29, 0.717) is 11.0 Å². The van der Waals surface area contributed by atoms with Crippen LogP contribution in [0.25, 0.3) is 22.1 Å². The number of nitrogens with zero attached hydrogens (tertiary/aromatic N) is 4. The third-order valence-electron chi connectivity index (χ3n) is 8.57. The third-order valence-corrected chi connectivity index (χ3v) is 11.2. The van der Waals surface area contributed by atoms with Crippen molar-refractivity contribution in [3.05, 3.63) is 52.9 Å². The van der Waals surface area contributed by atoms with E-state index in [1.54, 1.807) is 24.3 Å². The Labute approximate surface area is 252 Å². The minimum absolute atomic E-state index is 0.0342. The van der Waals surface area contributed by atoms with Crippen LogP contribution in [0.2, 0.25) is 5.02 Å². The van der Waals surface area contributed by atoms with Gasteiger partial charge in [-0.2, -0.15) is 0 Å². The number of halogens is 4. The van der Waals surface area contributed by atoms with Crippen molar-refractivity contribution in [2.45, 2.75) is 48.2 Å². The molecule has 6 heterocycles. The van der Waals surface area contributed by atoms with Crippen LogP contribution in [0.4, 0.5) is 19.0 Å². The number of carboxylic acid groups (broad SMARTS) is 1. The first-order chi connectivity index (χ1) is 20.9. The molecule has 3 fully saturated rings. The van der Waals surface area contributed by atoms with Crippen molar-refractivity contribution in [2.24, 2.45) is 0 Å². The number of aliphatic carboxylic acids is 1. The summed E-state index contributed by atoms with van der Waals surface area (Å²) in [6, 6.07) is 6.72. The first-order valence-corrected chi connectivity index (χ1v) is 15.7. The van der Waals surface area contributed by atoms with Crippen LogP contribution in [-0.2, 0) is 25.0 Å². The molecule has 3 atom stereocenters. The number of ether oxygens (including phenoxy) is 2. The van der Waals surface area contributed by atoms with Crippen molar-refractivity contribution in [3.63, 3.8) is 0 Å². The summed E-state index contributed by atoms with van der Waals surface area (Å²) < 4.78 is 85.9. The molecule has 4 aromatic rings. The molecule has 3 aliphatic heterocycles. The van der Waals surface area contributed by atoms with Gasteiger partial charge in [-0.05, 0) is 24.6 Å². The smallest absolute Gasteiger partial charge is 0.326 e. The average Bonchev–Trinajstić information content (AvgIpc) is 3.56. The quantitative estimate of drug-likeness (QED) is 0.312. The van der Waals surface area contributed by atoms with Crippen molar-refractivity contribution in [3.8, 4) is 5.88 Å². The molecule has 0 bridgehead atoms. The predicted octanol–water partition coefficient (Wildman–Crippen LogP) is 4.62. The summed E-state index contributed by atoms with van der Waals surface area (Å²) in [5, 5.41) is 10.7. The third kappa shape index (κ3) is 4.55. The summed E-state index contributed by atoms with van der Waals surface area (Å²) in [5.74, 6) is -2.80. The van der Waals surface area contributed by atoms with Crippen molar-refractivity contribution in [1.82, 2.24) is 15.0 Å². The van der Waals surface area contributed by atoms with Crippen LogP contribution in [0.15, 0.2) is 40.9 Å². The maximum atomic E-state index is 16.7. The lowest BCUT2D eigenvalue weighted by Gasteiger charge is -2.48. The van der Waals surface area contributed by atoms with Gasteiger partial charge in [-0.1, -0.05) is 23.7 Å². The molecule has 7 rings (SSSR count). The molecule has 11 nitrogen and oxygen atoms in total. The van der Waals surface area contributed by atoms with Gasteiger partial charge in [-0.3, -0.25) is 0 Å². The van der Waals surface area contributed by atoms with E-state index in [4.69, 9.17) is 25.5 Å². The molecular formula is C28H24ClF3N4O7S. The molecule has 3 aromatic heterocycles. The maximum Gasteiger partial charge on any atom is 0.326 e. The number of aromatic nitrogens is 3. The van der Waals surface area contributed by atoms with E-state index in [2.05, 4.69) is 15.0 Å². The first kappa shape index (κ1) is 29.0. The lowest BCUT2D eigenvalue weighted by molar-refractivity contribution is -0.138.